The second-order valence-electron chi connectivity index (χ2n) is 5.04. The topological polar surface area (TPSA) is 195 Å². The van der Waals surface area contributed by atoms with Crippen LogP contribution in [-0.2, 0) is 14.4 Å². The molecule has 0 fully saturated rings. The molecule has 0 aromatic carbocycles. The predicted octanol–water partition coefficient (Wildman–Crippen LogP) is 1.11. The van der Waals surface area contributed by atoms with Crippen LogP contribution in [0.2, 0.25) is 0 Å². The maximum absolute atomic E-state index is 10.9. The van der Waals surface area contributed by atoms with Crippen molar-refractivity contribution in [3.05, 3.63) is 16.0 Å². The van der Waals surface area contributed by atoms with Gasteiger partial charge in [0.2, 0.25) is 0 Å². The van der Waals surface area contributed by atoms with Gasteiger partial charge in [0, 0.05) is 11.4 Å². The van der Waals surface area contributed by atoms with Gasteiger partial charge >= 0.3 is 17.8 Å². The molecule has 0 aliphatic heterocycles. The molecule has 0 bridgehead atoms. The fraction of sp³-hybridized carbons (Fsp3) is 0.357. The first-order valence-electron chi connectivity index (χ1n) is 7.55. The van der Waals surface area contributed by atoms with Crippen LogP contribution in [0.4, 0.5) is 5.13 Å². The first-order valence-corrected chi connectivity index (χ1v) is 9.22. The van der Waals surface area contributed by atoms with Gasteiger partial charge in [0.25, 0.3) is 0 Å². The number of carboxylic acids is 2. The zero-order chi connectivity index (χ0) is 20.4. The molecule has 2 aromatic rings. The molecule has 0 saturated heterocycles. The highest BCUT2D eigenvalue weighted by Crippen LogP contribution is 2.26. The highest BCUT2D eigenvalue weighted by molar-refractivity contribution is 9.10. The number of nitrogens with zero attached hydrogens (tertiary/aromatic N) is 2. The van der Waals surface area contributed by atoms with E-state index in [9.17, 15) is 14.4 Å². The van der Waals surface area contributed by atoms with Crippen molar-refractivity contribution in [2.75, 3.05) is 11.9 Å². The van der Waals surface area contributed by atoms with Crippen LogP contribution in [0.25, 0.3) is 11.5 Å². The number of thiazole rings is 1. The summed E-state index contributed by atoms with van der Waals surface area (Å²) in [6.45, 7) is 0.604. The summed E-state index contributed by atoms with van der Waals surface area (Å²) in [5, 5.41) is 24.3. The third kappa shape index (κ3) is 8.25. The van der Waals surface area contributed by atoms with E-state index in [1.807, 2.05) is 0 Å². The van der Waals surface area contributed by atoms with E-state index in [4.69, 9.17) is 26.2 Å². The molecule has 7 N–H and O–H groups in total. The molecule has 0 unspecified atom stereocenters. The van der Waals surface area contributed by atoms with Gasteiger partial charge in [0.1, 0.15) is 16.3 Å². The number of anilines is 1. The first-order chi connectivity index (χ1) is 12.7. The summed E-state index contributed by atoms with van der Waals surface area (Å²) in [6.07, 6.45) is 2.16. The molecule has 2 heterocycles. The van der Waals surface area contributed by atoms with Crippen LogP contribution < -0.4 is 16.8 Å². The molecule has 2 aromatic heterocycles. The Morgan fingerprint density at radius 1 is 1.33 bits per heavy atom. The van der Waals surface area contributed by atoms with E-state index in [-0.39, 0.29) is 5.13 Å². The van der Waals surface area contributed by atoms with Crippen molar-refractivity contribution >= 4 is 50.2 Å². The molecule has 13 heteroatoms. The monoisotopic (exact) mass is 463 g/mol. The van der Waals surface area contributed by atoms with E-state index >= 15 is 0 Å². The fourth-order valence-corrected chi connectivity index (χ4v) is 2.58. The van der Waals surface area contributed by atoms with Gasteiger partial charge in [0.15, 0.2) is 10.9 Å². The zero-order valence-corrected chi connectivity index (χ0v) is 16.3. The van der Waals surface area contributed by atoms with Crippen LogP contribution in [0.1, 0.15) is 19.3 Å². The summed E-state index contributed by atoms with van der Waals surface area (Å²) < 4.78 is 5.46. The summed E-state index contributed by atoms with van der Waals surface area (Å²) >= 11 is 4.21. The number of aliphatic carboxylic acids is 2. The molecule has 0 spiro atoms. The quantitative estimate of drug-likeness (QED) is 0.293. The number of hydrogen-bond donors (Lipinski definition) is 5. The molecule has 1 atom stereocenters. The van der Waals surface area contributed by atoms with E-state index in [0.717, 1.165) is 24.2 Å². The van der Waals surface area contributed by atoms with E-state index in [2.05, 4.69) is 31.4 Å². The molecule has 0 radical (unpaired) electrons. The maximum Gasteiger partial charge on any atom is 0.394 e. The third-order valence-corrected chi connectivity index (χ3v) is 4.07. The average Bonchev–Trinajstić information content (AvgIpc) is 3.24. The van der Waals surface area contributed by atoms with Crippen molar-refractivity contribution in [1.82, 2.24) is 10.1 Å². The molecule has 0 aliphatic rings. The summed E-state index contributed by atoms with van der Waals surface area (Å²) in [6, 6.07) is 0.893. The minimum Gasteiger partial charge on any atom is -0.480 e. The van der Waals surface area contributed by atoms with E-state index in [1.165, 1.54) is 0 Å². The Morgan fingerprint density at radius 2 is 2.04 bits per heavy atom. The van der Waals surface area contributed by atoms with Crippen molar-refractivity contribution in [3.63, 3.8) is 0 Å². The second-order valence-corrected chi connectivity index (χ2v) is 6.71. The molecular formula is C14H18BrN5O6S. The Bertz CT molecular complexity index is 780. The third-order valence-electron chi connectivity index (χ3n) is 2.94. The molecule has 2 rings (SSSR count). The lowest BCUT2D eigenvalue weighted by molar-refractivity contribution is -0.147. The Morgan fingerprint density at radius 3 is 2.56 bits per heavy atom. The Hall–Kier alpha value is -2.35. The summed E-state index contributed by atoms with van der Waals surface area (Å²) in [5.74, 6) is -3.21. The number of hydrogen-bond acceptors (Lipinski definition) is 9. The highest BCUT2D eigenvalue weighted by Gasteiger charge is 2.15. The van der Waals surface area contributed by atoms with Crippen molar-refractivity contribution in [2.24, 2.45) is 11.5 Å². The lowest BCUT2D eigenvalue weighted by Crippen LogP contribution is -2.29. The number of carbonyl (C=O) groups is 3. The van der Waals surface area contributed by atoms with Crippen molar-refractivity contribution in [1.29, 1.82) is 0 Å². The Balaban J connectivity index is 0.000000314. The van der Waals surface area contributed by atoms with Gasteiger partial charge in [-0.2, -0.15) is 0 Å². The summed E-state index contributed by atoms with van der Waals surface area (Å²) in [7, 11) is 0. The molecule has 27 heavy (non-hydrogen) atoms. The summed E-state index contributed by atoms with van der Waals surface area (Å²) in [4.78, 5) is 35.3. The van der Waals surface area contributed by atoms with Crippen LogP contribution in [0.5, 0.6) is 0 Å². The van der Waals surface area contributed by atoms with Crippen molar-refractivity contribution in [3.8, 4) is 11.5 Å². The number of aromatic nitrogens is 2. The lowest BCUT2D eigenvalue weighted by Gasteiger charge is -2.03. The molecule has 148 valence electrons. The van der Waals surface area contributed by atoms with Crippen LogP contribution in [-0.4, -0.2) is 50.8 Å². The van der Waals surface area contributed by atoms with Crippen LogP contribution in [0.15, 0.2) is 20.6 Å². The maximum atomic E-state index is 10.9. The average molecular weight is 464 g/mol. The smallest absolute Gasteiger partial charge is 0.394 e. The normalized spacial score (nSPS) is 11.2. The minimum atomic E-state index is -1.57. The van der Waals surface area contributed by atoms with Gasteiger partial charge in [-0.3, -0.25) is 14.9 Å². The lowest BCUT2D eigenvalue weighted by atomic mass is 10.1. The second kappa shape index (κ2) is 11.4. The molecule has 0 aliphatic carbocycles. The van der Waals surface area contributed by atoms with E-state index < -0.39 is 23.9 Å². The largest absolute Gasteiger partial charge is 0.480 e. The van der Waals surface area contributed by atoms with Crippen molar-refractivity contribution < 1.29 is 29.1 Å². The number of nitrogens with one attached hydrogen (secondary N) is 1. The Labute approximate surface area is 165 Å². The number of rotatable bonds is 7. The van der Waals surface area contributed by atoms with Crippen LogP contribution in [0, 0.1) is 0 Å². The van der Waals surface area contributed by atoms with Gasteiger partial charge in [-0.15, -0.1) is 11.3 Å². The van der Waals surface area contributed by atoms with Crippen LogP contribution in [0.3, 0.4) is 0 Å². The number of carboxylic acid groups (broad SMARTS) is 2. The highest BCUT2D eigenvalue weighted by atomic mass is 79.9. The molecular weight excluding hydrogens is 446 g/mol. The standard InChI is InChI=1S/C8H4BrN3O4S.C6H14N2O2/c9-5-1-4(16-12-5)3-2-17-8(10-3)11-6(13)7(14)15;7-4-2-1-3-5(8)6(9)10/h1-2H,(H,14,15)(H,10,11,13);5H,1-4,7-8H2,(H,9,10)/t;5-/m.0/s1. The van der Waals surface area contributed by atoms with Gasteiger partial charge in [-0.05, 0) is 35.3 Å². The van der Waals surface area contributed by atoms with Gasteiger partial charge in [-0.1, -0.05) is 11.6 Å². The number of carbonyl (C=O) groups excluding carboxylic acids is 1. The fourth-order valence-electron chi connectivity index (χ4n) is 1.60. The van der Waals surface area contributed by atoms with Gasteiger partial charge < -0.3 is 26.2 Å². The number of unbranched alkanes of at least 4 members (excludes halogenated alkanes) is 1. The minimum absolute atomic E-state index is 0.180. The number of nitrogens with two attached hydrogens (primary N) is 2. The van der Waals surface area contributed by atoms with Gasteiger partial charge in [-0.25, -0.2) is 9.78 Å². The SMILES string of the molecule is NCCCC[C@H](N)C(=O)O.O=C(O)C(=O)Nc1nc(-c2cc(Br)no2)cs1. The number of amides is 1. The van der Waals surface area contributed by atoms with Crippen LogP contribution >= 0.6 is 27.3 Å². The van der Waals surface area contributed by atoms with Gasteiger partial charge in [0.05, 0.1) is 0 Å². The van der Waals surface area contributed by atoms with Crippen molar-refractivity contribution in [2.45, 2.75) is 25.3 Å². The summed E-state index contributed by atoms with van der Waals surface area (Å²) in [5.41, 5.74) is 10.9. The predicted molar refractivity (Wildman–Crippen MR) is 100 cm³/mol. The Kier molecular flexibility index (Phi) is 9.56. The number of halogens is 1. The molecule has 11 nitrogen and oxygen atoms in total. The molecule has 0 saturated carbocycles. The molecule has 1 amide bonds. The van der Waals surface area contributed by atoms with E-state index in [1.54, 1.807) is 11.4 Å². The first kappa shape index (κ1) is 22.7. The van der Waals surface area contributed by atoms with E-state index in [0.29, 0.717) is 29.0 Å². The zero-order valence-electron chi connectivity index (χ0n) is 13.9.